The standard InChI is InChI=1S/C15H18N2OS/c1-2-12(18-11-6-8-16-9-7-11)14-13(3-1)19-15(17-14)10-4-5-10/h1-3,10-11,16H,4-9H2. The highest BCUT2D eigenvalue weighted by Crippen LogP contribution is 2.44. The Bertz CT molecular complexity index is 585. The summed E-state index contributed by atoms with van der Waals surface area (Å²) >= 11 is 1.84. The maximum Gasteiger partial charge on any atom is 0.146 e. The highest BCUT2D eigenvalue weighted by Gasteiger charge is 2.27. The third-order valence-corrected chi connectivity index (χ3v) is 5.09. The smallest absolute Gasteiger partial charge is 0.146 e. The number of piperidine rings is 1. The van der Waals surface area contributed by atoms with Crippen molar-refractivity contribution in [2.45, 2.75) is 37.7 Å². The number of aromatic nitrogens is 1. The lowest BCUT2D eigenvalue weighted by Gasteiger charge is -2.23. The quantitative estimate of drug-likeness (QED) is 0.932. The lowest BCUT2D eigenvalue weighted by molar-refractivity contribution is 0.164. The number of para-hydroxylation sites is 1. The van der Waals surface area contributed by atoms with E-state index in [0.29, 0.717) is 6.10 Å². The number of hydrogen-bond donors (Lipinski definition) is 1. The van der Waals surface area contributed by atoms with Crippen LogP contribution in [0.2, 0.25) is 0 Å². The Hall–Kier alpha value is -1.13. The number of hydrogen-bond acceptors (Lipinski definition) is 4. The molecule has 1 aromatic heterocycles. The fourth-order valence-corrected chi connectivity index (χ4v) is 3.79. The van der Waals surface area contributed by atoms with Gasteiger partial charge in [-0.05, 0) is 50.9 Å². The van der Waals surface area contributed by atoms with Crippen molar-refractivity contribution in [1.29, 1.82) is 0 Å². The summed E-state index contributed by atoms with van der Waals surface area (Å²) in [5, 5.41) is 4.67. The summed E-state index contributed by atoms with van der Waals surface area (Å²) < 4.78 is 7.46. The Labute approximate surface area is 117 Å². The maximum atomic E-state index is 6.19. The van der Waals surface area contributed by atoms with Crippen LogP contribution in [0.25, 0.3) is 10.2 Å². The summed E-state index contributed by atoms with van der Waals surface area (Å²) in [5.74, 6) is 1.71. The number of fused-ring (bicyclic) bond motifs is 1. The van der Waals surface area contributed by atoms with Crippen LogP contribution in [0.1, 0.15) is 36.6 Å². The van der Waals surface area contributed by atoms with Crippen molar-refractivity contribution in [2.24, 2.45) is 0 Å². The van der Waals surface area contributed by atoms with Crippen LogP contribution in [-0.2, 0) is 0 Å². The van der Waals surface area contributed by atoms with E-state index in [1.54, 1.807) is 0 Å². The van der Waals surface area contributed by atoms with Gasteiger partial charge in [-0.2, -0.15) is 0 Å². The predicted molar refractivity (Wildman–Crippen MR) is 78.1 cm³/mol. The van der Waals surface area contributed by atoms with Crippen molar-refractivity contribution in [1.82, 2.24) is 10.3 Å². The number of rotatable bonds is 3. The molecule has 4 heteroatoms. The molecule has 0 spiro atoms. The lowest BCUT2D eigenvalue weighted by Crippen LogP contribution is -2.34. The third kappa shape index (κ3) is 2.35. The van der Waals surface area contributed by atoms with E-state index in [4.69, 9.17) is 9.72 Å². The SMILES string of the molecule is c1cc(OC2CCNCC2)c2nc(C3CC3)sc2c1. The molecular formula is C15H18N2OS. The first-order valence-corrected chi connectivity index (χ1v) is 7.98. The average molecular weight is 274 g/mol. The number of ether oxygens (including phenoxy) is 1. The number of nitrogens with zero attached hydrogens (tertiary/aromatic N) is 1. The molecule has 0 unspecified atom stereocenters. The van der Waals surface area contributed by atoms with Gasteiger partial charge in [0, 0.05) is 5.92 Å². The van der Waals surface area contributed by atoms with E-state index < -0.39 is 0 Å². The first kappa shape index (κ1) is 11.7. The van der Waals surface area contributed by atoms with Crippen molar-refractivity contribution in [2.75, 3.05) is 13.1 Å². The summed E-state index contributed by atoms with van der Waals surface area (Å²) in [4.78, 5) is 4.82. The van der Waals surface area contributed by atoms with Gasteiger partial charge in [0.2, 0.25) is 0 Å². The van der Waals surface area contributed by atoms with E-state index in [-0.39, 0.29) is 0 Å². The van der Waals surface area contributed by atoms with Gasteiger partial charge in [0.05, 0.1) is 9.71 Å². The molecule has 19 heavy (non-hydrogen) atoms. The number of benzene rings is 1. The van der Waals surface area contributed by atoms with E-state index in [1.807, 2.05) is 11.3 Å². The van der Waals surface area contributed by atoms with E-state index >= 15 is 0 Å². The second kappa shape index (κ2) is 4.76. The molecule has 0 atom stereocenters. The molecule has 1 N–H and O–H groups in total. The summed E-state index contributed by atoms with van der Waals surface area (Å²) in [6.45, 7) is 2.12. The minimum atomic E-state index is 0.345. The largest absolute Gasteiger partial charge is 0.488 e. The fourth-order valence-electron chi connectivity index (χ4n) is 2.63. The van der Waals surface area contributed by atoms with Gasteiger partial charge in [0.25, 0.3) is 0 Å². The van der Waals surface area contributed by atoms with Gasteiger partial charge >= 0.3 is 0 Å². The molecule has 1 saturated heterocycles. The summed E-state index contributed by atoms with van der Waals surface area (Å²) in [5.41, 5.74) is 1.08. The average Bonchev–Trinajstić information content (AvgIpc) is 3.20. The summed E-state index contributed by atoms with van der Waals surface area (Å²) in [6.07, 6.45) is 5.15. The van der Waals surface area contributed by atoms with Gasteiger partial charge in [-0.1, -0.05) is 6.07 Å². The van der Waals surface area contributed by atoms with Crippen LogP contribution >= 0.6 is 11.3 Å². The molecule has 2 heterocycles. The predicted octanol–water partition coefficient (Wildman–Crippen LogP) is 3.30. The maximum absolute atomic E-state index is 6.19. The van der Waals surface area contributed by atoms with Gasteiger partial charge in [-0.15, -0.1) is 11.3 Å². The Morgan fingerprint density at radius 1 is 1.16 bits per heavy atom. The Morgan fingerprint density at radius 3 is 2.79 bits per heavy atom. The molecular weight excluding hydrogens is 256 g/mol. The molecule has 2 fully saturated rings. The lowest BCUT2D eigenvalue weighted by atomic mass is 10.1. The van der Waals surface area contributed by atoms with E-state index in [1.165, 1.54) is 22.5 Å². The normalized spacial score (nSPS) is 20.8. The molecule has 1 saturated carbocycles. The first-order valence-electron chi connectivity index (χ1n) is 7.17. The molecule has 1 aliphatic carbocycles. The molecule has 4 rings (SSSR count). The molecule has 2 aromatic rings. The van der Waals surface area contributed by atoms with Gasteiger partial charge in [-0.25, -0.2) is 4.98 Å². The highest BCUT2D eigenvalue weighted by atomic mass is 32.1. The number of thiazole rings is 1. The zero-order valence-electron chi connectivity index (χ0n) is 10.9. The van der Waals surface area contributed by atoms with Crippen LogP contribution in [0.15, 0.2) is 18.2 Å². The Balaban J connectivity index is 1.64. The van der Waals surface area contributed by atoms with Crippen molar-refractivity contribution in [3.05, 3.63) is 23.2 Å². The van der Waals surface area contributed by atoms with Crippen LogP contribution in [0, 0.1) is 0 Å². The highest BCUT2D eigenvalue weighted by molar-refractivity contribution is 7.18. The van der Waals surface area contributed by atoms with Crippen LogP contribution in [0.4, 0.5) is 0 Å². The summed E-state index contributed by atoms with van der Waals surface area (Å²) in [7, 11) is 0. The van der Waals surface area contributed by atoms with Crippen LogP contribution < -0.4 is 10.1 Å². The van der Waals surface area contributed by atoms with Gasteiger partial charge in [0.15, 0.2) is 0 Å². The van der Waals surface area contributed by atoms with Crippen molar-refractivity contribution in [3.63, 3.8) is 0 Å². The zero-order valence-corrected chi connectivity index (χ0v) is 11.7. The van der Waals surface area contributed by atoms with Gasteiger partial charge in [0.1, 0.15) is 17.4 Å². The molecule has 1 aliphatic heterocycles. The molecule has 1 aromatic carbocycles. The van der Waals surface area contributed by atoms with Crippen LogP contribution in [0.5, 0.6) is 5.75 Å². The van der Waals surface area contributed by atoms with Crippen LogP contribution in [-0.4, -0.2) is 24.2 Å². The third-order valence-electron chi connectivity index (χ3n) is 3.90. The molecule has 2 aliphatic rings. The van der Waals surface area contributed by atoms with E-state index in [2.05, 4.69) is 23.5 Å². The number of nitrogens with one attached hydrogen (secondary N) is 1. The second-order valence-corrected chi connectivity index (χ2v) is 6.56. The van der Waals surface area contributed by atoms with Gasteiger partial charge < -0.3 is 10.1 Å². The van der Waals surface area contributed by atoms with Crippen molar-refractivity contribution < 1.29 is 4.74 Å². The minimum absolute atomic E-state index is 0.345. The fraction of sp³-hybridized carbons (Fsp3) is 0.533. The van der Waals surface area contributed by atoms with Crippen molar-refractivity contribution >= 4 is 21.6 Å². The van der Waals surface area contributed by atoms with Crippen molar-refractivity contribution in [3.8, 4) is 5.75 Å². The van der Waals surface area contributed by atoms with Gasteiger partial charge in [-0.3, -0.25) is 0 Å². The Morgan fingerprint density at radius 2 is 2.00 bits per heavy atom. The van der Waals surface area contributed by atoms with E-state index in [0.717, 1.165) is 43.1 Å². The second-order valence-electron chi connectivity index (χ2n) is 5.50. The zero-order chi connectivity index (χ0) is 12.7. The Kier molecular flexibility index (Phi) is 2.93. The minimum Gasteiger partial charge on any atom is -0.488 e. The monoisotopic (exact) mass is 274 g/mol. The summed E-state index contributed by atoms with van der Waals surface area (Å²) in [6, 6.07) is 6.32. The van der Waals surface area contributed by atoms with Crippen LogP contribution in [0.3, 0.4) is 0 Å². The first-order chi connectivity index (χ1) is 9.40. The molecule has 0 bridgehead atoms. The van der Waals surface area contributed by atoms with E-state index in [9.17, 15) is 0 Å². The molecule has 3 nitrogen and oxygen atoms in total. The molecule has 0 amide bonds. The molecule has 100 valence electrons. The topological polar surface area (TPSA) is 34.1 Å². The molecule has 0 radical (unpaired) electrons.